The Morgan fingerprint density at radius 1 is 1.38 bits per heavy atom. The Morgan fingerprint density at radius 3 is 2.76 bits per heavy atom. The number of nitrogens with one attached hydrogen (secondary N) is 2. The summed E-state index contributed by atoms with van der Waals surface area (Å²) in [6.45, 7) is 0.368. The summed E-state index contributed by atoms with van der Waals surface area (Å²) in [4.78, 5) is 12.4. The average Bonchev–Trinajstić information content (AvgIpc) is 2.75. The highest BCUT2D eigenvalue weighted by Gasteiger charge is 2.27. The lowest BCUT2D eigenvalue weighted by Gasteiger charge is -2.11. The number of carbonyl (C=O) groups is 1. The fourth-order valence-corrected chi connectivity index (χ4v) is 4.70. The van der Waals surface area contributed by atoms with Gasteiger partial charge in [-0.05, 0) is 31.2 Å². The second-order valence-corrected chi connectivity index (χ2v) is 7.32. The van der Waals surface area contributed by atoms with E-state index in [1.54, 1.807) is 0 Å². The fraction of sp³-hybridized carbons (Fsp3) is 0.583. The summed E-state index contributed by atoms with van der Waals surface area (Å²) in [7, 11) is -2.33. The average molecular weight is 334 g/mol. The number of aromatic carboxylic acids is 1. The van der Waals surface area contributed by atoms with Crippen molar-refractivity contribution in [3.8, 4) is 0 Å². The van der Waals surface area contributed by atoms with Crippen molar-refractivity contribution >= 4 is 32.5 Å². The molecule has 21 heavy (non-hydrogen) atoms. The maximum Gasteiger partial charge on any atom is 0.339 e. The standard InChI is InChI=1S/C12H18N2O5S2/c1-19-7-6-13-21(17,18)14-11-10(12(15)16)8-4-2-3-5-9(8)20-11/h13-14H,2-7H2,1H3,(H,15,16). The molecule has 0 bridgehead atoms. The van der Waals surface area contributed by atoms with Gasteiger partial charge in [-0.25, -0.2) is 4.79 Å². The molecule has 0 fully saturated rings. The molecule has 7 nitrogen and oxygen atoms in total. The molecule has 3 N–H and O–H groups in total. The number of ether oxygens (including phenoxy) is 1. The van der Waals surface area contributed by atoms with Gasteiger partial charge in [0.1, 0.15) is 5.00 Å². The number of thiophene rings is 1. The predicted octanol–water partition coefficient (Wildman–Crippen LogP) is 1.22. The van der Waals surface area contributed by atoms with Gasteiger partial charge in [-0.2, -0.15) is 13.1 Å². The number of aryl methyl sites for hydroxylation is 1. The van der Waals surface area contributed by atoms with Crippen molar-refractivity contribution < 1.29 is 23.1 Å². The lowest BCUT2D eigenvalue weighted by atomic mass is 9.96. The zero-order valence-corrected chi connectivity index (χ0v) is 13.3. The molecule has 1 aromatic rings. The van der Waals surface area contributed by atoms with Crippen LogP contribution in [0.3, 0.4) is 0 Å². The third-order valence-electron chi connectivity index (χ3n) is 3.21. The highest BCUT2D eigenvalue weighted by atomic mass is 32.2. The first kappa shape index (κ1) is 16.2. The zero-order chi connectivity index (χ0) is 15.5. The Hall–Kier alpha value is -1.16. The molecule has 1 heterocycles. The smallest absolute Gasteiger partial charge is 0.339 e. The van der Waals surface area contributed by atoms with E-state index in [2.05, 4.69) is 9.44 Å². The molecule has 1 aliphatic rings. The first-order valence-corrected chi connectivity index (χ1v) is 8.88. The minimum absolute atomic E-state index is 0.0896. The molecule has 118 valence electrons. The minimum Gasteiger partial charge on any atom is -0.478 e. The number of carboxylic acid groups (broad SMARTS) is 1. The van der Waals surface area contributed by atoms with Crippen LogP contribution in [-0.4, -0.2) is 39.8 Å². The number of hydrogen-bond donors (Lipinski definition) is 3. The third-order valence-corrected chi connectivity index (χ3v) is 5.60. The van der Waals surface area contributed by atoms with Crippen molar-refractivity contribution in [1.29, 1.82) is 0 Å². The summed E-state index contributed by atoms with van der Waals surface area (Å²) in [6.07, 6.45) is 3.43. The molecule has 0 saturated carbocycles. The van der Waals surface area contributed by atoms with Gasteiger partial charge >= 0.3 is 5.97 Å². The Labute approximate surface area is 127 Å². The van der Waals surface area contributed by atoms with Crippen LogP contribution < -0.4 is 9.44 Å². The topological polar surface area (TPSA) is 105 Å². The molecule has 0 saturated heterocycles. The fourth-order valence-electron chi connectivity index (χ4n) is 2.30. The molecule has 0 radical (unpaired) electrons. The van der Waals surface area contributed by atoms with Crippen molar-refractivity contribution in [2.45, 2.75) is 25.7 Å². The lowest BCUT2D eigenvalue weighted by Crippen LogP contribution is -2.32. The summed E-state index contributed by atoms with van der Waals surface area (Å²) in [5.41, 5.74) is 0.861. The highest BCUT2D eigenvalue weighted by molar-refractivity contribution is 7.91. The van der Waals surface area contributed by atoms with Crippen molar-refractivity contribution in [1.82, 2.24) is 4.72 Å². The van der Waals surface area contributed by atoms with Crippen molar-refractivity contribution in [3.05, 3.63) is 16.0 Å². The van der Waals surface area contributed by atoms with Gasteiger partial charge in [0.15, 0.2) is 0 Å². The molecule has 1 aliphatic carbocycles. The highest BCUT2D eigenvalue weighted by Crippen LogP contribution is 2.38. The molecule has 0 aromatic carbocycles. The molecule has 1 aromatic heterocycles. The van der Waals surface area contributed by atoms with Gasteiger partial charge in [0.05, 0.1) is 12.2 Å². The zero-order valence-electron chi connectivity index (χ0n) is 11.6. The van der Waals surface area contributed by atoms with Gasteiger partial charge < -0.3 is 9.84 Å². The van der Waals surface area contributed by atoms with E-state index < -0.39 is 16.2 Å². The van der Waals surface area contributed by atoms with Gasteiger partial charge in [0, 0.05) is 18.5 Å². The number of rotatable bonds is 7. The summed E-state index contributed by atoms with van der Waals surface area (Å²) in [5, 5.41) is 9.53. The quantitative estimate of drug-likeness (QED) is 0.650. The van der Waals surface area contributed by atoms with E-state index >= 15 is 0 Å². The van der Waals surface area contributed by atoms with E-state index in [-0.39, 0.29) is 23.7 Å². The van der Waals surface area contributed by atoms with Crippen LogP contribution in [0.15, 0.2) is 0 Å². The van der Waals surface area contributed by atoms with E-state index in [0.29, 0.717) is 6.42 Å². The monoisotopic (exact) mass is 334 g/mol. The lowest BCUT2D eigenvalue weighted by molar-refractivity contribution is 0.0697. The number of anilines is 1. The molecule has 0 unspecified atom stereocenters. The largest absolute Gasteiger partial charge is 0.478 e. The van der Waals surface area contributed by atoms with Crippen LogP contribution in [0.5, 0.6) is 0 Å². The van der Waals surface area contributed by atoms with Gasteiger partial charge in [0.2, 0.25) is 0 Å². The summed E-state index contributed by atoms with van der Waals surface area (Å²) in [6, 6.07) is 0. The van der Waals surface area contributed by atoms with Crippen molar-refractivity contribution in [2.24, 2.45) is 0 Å². The predicted molar refractivity (Wildman–Crippen MR) is 80.3 cm³/mol. The van der Waals surface area contributed by atoms with Crippen LogP contribution in [0.2, 0.25) is 0 Å². The van der Waals surface area contributed by atoms with Crippen LogP contribution in [-0.2, 0) is 27.8 Å². The van der Waals surface area contributed by atoms with E-state index in [1.165, 1.54) is 18.4 Å². The van der Waals surface area contributed by atoms with Crippen LogP contribution in [0, 0.1) is 0 Å². The second kappa shape index (κ2) is 6.73. The number of fused-ring (bicyclic) bond motifs is 1. The Morgan fingerprint density at radius 2 is 2.10 bits per heavy atom. The minimum atomic E-state index is -3.80. The first-order valence-electron chi connectivity index (χ1n) is 6.59. The number of methoxy groups -OCH3 is 1. The molecule has 2 rings (SSSR count). The maximum atomic E-state index is 11.9. The Kier molecular flexibility index (Phi) is 5.20. The molecule has 0 atom stereocenters. The van der Waals surface area contributed by atoms with Crippen LogP contribution >= 0.6 is 11.3 Å². The van der Waals surface area contributed by atoms with E-state index in [0.717, 1.165) is 29.7 Å². The van der Waals surface area contributed by atoms with Crippen molar-refractivity contribution in [3.63, 3.8) is 0 Å². The van der Waals surface area contributed by atoms with Gasteiger partial charge in [-0.1, -0.05) is 0 Å². The molecule has 9 heteroatoms. The first-order chi connectivity index (χ1) is 9.94. The Bertz CT molecular complexity index is 624. The number of carboxylic acids is 1. The molecular formula is C12H18N2O5S2. The maximum absolute atomic E-state index is 11.9. The molecule has 0 spiro atoms. The third kappa shape index (κ3) is 3.94. The van der Waals surface area contributed by atoms with Crippen molar-refractivity contribution in [2.75, 3.05) is 25.0 Å². The van der Waals surface area contributed by atoms with Gasteiger partial charge in [0.25, 0.3) is 10.2 Å². The van der Waals surface area contributed by atoms with Gasteiger partial charge in [-0.3, -0.25) is 4.72 Å². The van der Waals surface area contributed by atoms with Crippen LogP contribution in [0.25, 0.3) is 0 Å². The Balaban J connectivity index is 2.23. The molecular weight excluding hydrogens is 316 g/mol. The van der Waals surface area contributed by atoms with Crippen LogP contribution in [0.1, 0.15) is 33.6 Å². The van der Waals surface area contributed by atoms with Gasteiger partial charge in [-0.15, -0.1) is 11.3 Å². The van der Waals surface area contributed by atoms with Crippen LogP contribution in [0.4, 0.5) is 5.00 Å². The SMILES string of the molecule is COCCNS(=O)(=O)Nc1sc2c(c1C(=O)O)CCCC2. The normalized spacial score (nSPS) is 14.7. The van der Waals surface area contributed by atoms with E-state index in [4.69, 9.17) is 4.74 Å². The summed E-state index contributed by atoms with van der Waals surface area (Å²) < 4.78 is 33.2. The number of hydrogen-bond acceptors (Lipinski definition) is 5. The van der Waals surface area contributed by atoms with E-state index in [9.17, 15) is 18.3 Å². The molecule has 0 aliphatic heterocycles. The second-order valence-electron chi connectivity index (χ2n) is 4.71. The van der Waals surface area contributed by atoms with E-state index in [1.807, 2.05) is 0 Å². The summed E-state index contributed by atoms with van der Waals surface area (Å²) in [5.74, 6) is -1.09. The summed E-state index contributed by atoms with van der Waals surface area (Å²) >= 11 is 1.21. The molecule has 0 amide bonds.